The van der Waals surface area contributed by atoms with Crippen molar-refractivity contribution in [3.05, 3.63) is 76.9 Å². The molecule has 8 heteroatoms. The number of phenolic OH excluding ortho intramolecular Hbond substituents is 2. The van der Waals surface area contributed by atoms with Gasteiger partial charge < -0.3 is 19.7 Å². The first kappa shape index (κ1) is 19.0. The van der Waals surface area contributed by atoms with Gasteiger partial charge in [0.25, 0.3) is 0 Å². The summed E-state index contributed by atoms with van der Waals surface area (Å²) in [6.07, 6.45) is 0. The number of carbonyl (C=O) groups is 1. The van der Waals surface area contributed by atoms with Gasteiger partial charge in [-0.15, -0.1) is 12.4 Å². The Morgan fingerprint density at radius 3 is 2.07 bits per heavy atom. The Labute approximate surface area is 176 Å². The molecule has 29 heavy (non-hydrogen) atoms. The number of hydrogen-bond acceptors (Lipinski definition) is 7. The number of isothiocyanates is 1. The highest BCUT2D eigenvalue weighted by molar-refractivity contribution is 7.78. The van der Waals surface area contributed by atoms with Gasteiger partial charge in [0, 0.05) is 28.8 Å². The van der Waals surface area contributed by atoms with Crippen molar-refractivity contribution in [2.24, 2.45) is 4.99 Å². The molecule has 144 valence electrons. The fourth-order valence-corrected chi connectivity index (χ4v) is 3.92. The molecule has 0 unspecified atom stereocenters. The number of aromatic hydroxyl groups is 2. The van der Waals surface area contributed by atoms with E-state index in [1.807, 2.05) is 0 Å². The molecule has 2 aliphatic heterocycles. The number of benzene rings is 3. The topological polar surface area (TPSA) is 88.4 Å². The quantitative estimate of drug-likeness (QED) is 0.330. The van der Waals surface area contributed by atoms with Crippen molar-refractivity contribution in [3.63, 3.8) is 0 Å². The Balaban J connectivity index is 0.00000205. The number of esters is 1. The van der Waals surface area contributed by atoms with Gasteiger partial charge in [0.05, 0.1) is 16.4 Å². The largest absolute Gasteiger partial charge is 0.508 e. The van der Waals surface area contributed by atoms with E-state index in [0.717, 1.165) is 0 Å². The van der Waals surface area contributed by atoms with Crippen molar-refractivity contribution < 1.29 is 24.5 Å². The number of phenols is 2. The third-order valence-electron chi connectivity index (χ3n) is 4.93. The van der Waals surface area contributed by atoms with Crippen molar-refractivity contribution in [3.8, 4) is 23.0 Å². The molecule has 6 nitrogen and oxygen atoms in total. The van der Waals surface area contributed by atoms with Gasteiger partial charge >= 0.3 is 5.97 Å². The molecule has 0 fully saturated rings. The van der Waals surface area contributed by atoms with Crippen molar-refractivity contribution in [1.82, 2.24) is 0 Å². The number of aliphatic imine (C=N–C) groups is 1. The van der Waals surface area contributed by atoms with Gasteiger partial charge in [-0.05, 0) is 48.6 Å². The molecular weight excluding hydrogens is 414 g/mol. The number of hydrogen-bond donors (Lipinski definition) is 2. The maximum atomic E-state index is 12.8. The molecule has 2 aliphatic rings. The van der Waals surface area contributed by atoms with E-state index >= 15 is 0 Å². The van der Waals surface area contributed by atoms with Crippen molar-refractivity contribution in [2.45, 2.75) is 5.60 Å². The van der Waals surface area contributed by atoms with Gasteiger partial charge in [0.2, 0.25) is 0 Å². The molecule has 0 radical (unpaired) electrons. The highest BCUT2D eigenvalue weighted by atomic mass is 35.5. The lowest BCUT2D eigenvalue weighted by Gasteiger charge is -2.36. The molecule has 0 aromatic heterocycles. The summed E-state index contributed by atoms with van der Waals surface area (Å²) >= 11 is 4.64. The zero-order valence-electron chi connectivity index (χ0n) is 14.6. The van der Waals surface area contributed by atoms with Crippen LogP contribution in [0.3, 0.4) is 0 Å². The summed E-state index contributed by atoms with van der Waals surface area (Å²) in [5.74, 6) is 0.163. The van der Waals surface area contributed by atoms with Gasteiger partial charge in [0.15, 0.2) is 5.60 Å². The summed E-state index contributed by atoms with van der Waals surface area (Å²) in [6.45, 7) is 0. The molecule has 0 amide bonds. The summed E-state index contributed by atoms with van der Waals surface area (Å²) < 4.78 is 11.8. The van der Waals surface area contributed by atoms with Gasteiger partial charge in [-0.2, -0.15) is 4.99 Å². The van der Waals surface area contributed by atoms with E-state index in [1.165, 1.54) is 24.3 Å². The molecule has 0 aliphatic carbocycles. The standard InChI is InChI=1S/C21H11NO5S.ClH/c23-12-2-5-16-18(8-12)26-19-9-13(24)3-6-17(19)21(16)15-4-1-11(22-10-28)7-14(15)20(25)27-21;/h1-9,23-24H;1H. The van der Waals surface area contributed by atoms with Gasteiger partial charge in [-0.25, -0.2) is 4.79 Å². The molecule has 5 rings (SSSR count). The van der Waals surface area contributed by atoms with Crippen LogP contribution >= 0.6 is 24.6 Å². The molecule has 0 bridgehead atoms. The van der Waals surface area contributed by atoms with Crippen LogP contribution in [0.4, 0.5) is 5.69 Å². The minimum Gasteiger partial charge on any atom is -0.508 e. The fraction of sp³-hybridized carbons (Fsp3) is 0.0476. The number of fused-ring (bicyclic) bond motifs is 6. The van der Waals surface area contributed by atoms with Crippen molar-refractivity contribution >= 4 is 41.4 Å². The summed E-state index contributed by atoms with van der Waals surface area (Å²) in [5.41, 5.74) is 1.33. The normalized spacial score (nSPS) is 14.4. The highest BCUT2D eigenvalue weighted by Crippen LogP contribution is 2.57. The van der Waals surface area contributed by atoms with Crippen molar-refractivity contribution in [1.29, 1.82) is 0 Å². The Kier molecular flexibility index (Phi) is 4.31. The Hall–Kier alpha value is -3.38. The zero-order valence-corrected chi connectivity index (χ0v) is 16.2. The van der Waals surface area contributed by atoms with Crippen LogP contribution in [0.5, 0.6) is 23.0 Å². The maximum absolute atomic E-state index is 12.8. The number of halogens is 1. The van der Waals surface area contributed by atoms with E-state index in [-0.39, 0.29) is 23.9 Å². The third kappa shape index (κ3) is 2.60. The molecule has 0 saturated heterocycles. The second-order valence-corrected chi connectivity index (χ2v) is 6.65. The van der Waals surface area contributed by atoms with Crippen LogP contribution in [0.2, 0.25) is 0 Å². The Morgan fingerprint density at radius 1 is 0.897 bits per heavy atom. The maximum Gasteiger partial charge on any atom is 0.340 e. The lowest BCUT2D eigenvalue weighted by molar-refractivity contribution is 0.0224. The van der Waals surface area contributed by atoms with Gasteiger partial charge in [-0.3, -0.25) is 0 Å². The first-order valence-corrected chi connectivity index (χ1v) is 8.74. The van der Waals surface area contributed by atoms with Gasteiger partial charge in [-0.1, -0.05) is 6.07 Å². The van der Waals surface area contributed by atoms with Crippen LogP contribution in [0, 0.1) is 0 Å². The predicted octanol–water partition coefficient (Wildman–Crippen LogP) is 4.82. The van der Waals surface area contributed by atoms with E-state index in [4.69, 9.17) is 9.47 Å². The Bertz CT molecular complexity index is 1180. The SMILES string of the molecule is Cl.O=C1OC2(c3ccc(O)cc3Oc3cc(O)ccc32)c2ccc(N=C=S)cc21. The molecule has 2 N–H and O–H groups in total. The number of ether oxygens (including phenoxy) is 2. The monoisotopic (exact) mass is 425 g/mol. The van der Waals surface area contributed by atoms with E-state index in [2.05, 4.69) is 22.4 Å². The van der Waals surface area contributed by atoms with E-state index < -0.39 is 11.6 Å². The van der Waals surface area contributed by atoms with Crippen LogP contribution in [0.25, 0.3) is 0 Å². The molecule has 0 saturated carbocycles. The number of rotatable bonds is 1. The molecule has 0 atom stereocenters. The van der Waals surface area contributed by atoms with Crippen LogP contribution < -0.4 is 4.74 Å². The predicted molar refractivity (Wildman–Crippen MR) is 110 cm³/mol. The first-order valence-electron chi connectivity index (χ1n) is 8.33. The first-order chi connectivity index (χ1) is 13.5. The molecule has 3 aromatic rings. The molecular formula is C21H12ClNO5S. The summed E-state index contributed by atoms with van der Waals surface area (Å²) in [6, 6.07) is 14.3. The third-order valence-corrected chi connectivity index (χ3v) is 5.02. The number of nitrogens with zero attached hydrogens (tertiary/aromatic N) is 1. The van der Waals surface area contributed by atoms with E-state index in [1.54, 1.807) is 30.3 Å². The molecule has 1 spiro atoms. The van der Waals surface area contributed by atoms with E-state index in [0.29, 0.717) is 39.4 Å². The number of thiocarbonyl (C=S) groups is 1. The van der Waals surface area contributed by atoms with Gasteiger partial charge in [0.1, 0.15) is 23.0 Å². The average Bonchev–Trinajstić information content (AvgIpc) is 2.94. The zero-order chi connectivity index (χ0) is 19.5. The summed E-state index contributed by atoms with van der Waals surface area (Å²) in [5, 5.41) is 22.1. The van der Waals surface area contributed by atoms with Crippen LogP contribution in [-0.4, -0.2) is 21.3 Å². The Morgan fingerprint density at radius 2 is 1.48 bits per heavy atom. The summed E-state index contributed by atoms with van der Waals surface area (Å²) in [7, 11) is 0. The van der Waals surface area contributed by atoms with Crippen LogP contribution in [0.1, 0.15) is 27.0 Å². The van der Waals surface area contributed by atoms with E-state index in [9.17, 15) is 15.0 Å². The molecule has 2 heterocycles. The lowest BCUT2D eigenvalue weighted by Crippen LogP contribution is -2.32. The van der Waals surface area contributed by atoms with Crippen molar-refractivity contribution in [2.75, 3.05) is 0 Å². The van der Waals surface area contributed by atoms with Crippen LogP contribution in [-0.2, 0) is 10.3 Å². The minimum absolute atomic E-state index is 0. The second kappa shape index (κ2) is 6.60. The fourth-order valence-electron chi connectivity index (χ4n) is 3.82. The smallest absolute Gasteiger partial charge is 0.340 e. The highest BCUT2D eigenvalue weighted by Gasteiger charge is 2.53. The summed E-state index contributed by atoms with van der Waals surface area (Å²) in [4.78, 5) is 16.7. The average molecular weight is 426 g/mol. The number of carbonyl (C=O) groups excluding carboxylic acids is 1. The minimum atomic E-state index is -1.27. The van der Waals surface area contributed by atoms with Crippen LogP contribution in [0.15, 0.2) is 59.6 Å². The molecule has 3 aromatic carbocycles. The lowest BCUT2D eigenvalue weighted by atomic mass is 9.77. The second-order valence-electron chi connectivity index (χ2n) is 6.47.